The molecule has 1 aromatic carbocycles. The van der Waals surface area contributed by atoms with Crippen molar-refractivity contribution in [2.75, 3.05) is 0 Å². The Hall–Kier alpha value is -2.31. The summed E-state index contributed by atoms with van der Waals surface area (Å²) >= 11 is 3.11. The first kappa shape index (κ1) is 14.3. The van der Waals surface area contributed by atoms with Crippen molar-refractivity contribution in [2.45, 2.75) is 13.0 Å². The molecule has 4 aromatic rings. The van der Waals surface area contributed by atoms with E-state index in [4.69, 9.17) is 0 Å². The van der Waals surface area contributed by atoms with Gasteiger partial charge < -0.3 is 0 Å². The predicted octanol–water partition coefficient (Wildman–Crippen LogP) is 3.55. The largest absolute Gasteiger partial charge is 0.293 e. The Bertz CT molecular complexity index is 1000. The van der Waals surface area contributed by atoms with Crippen molar-refractivity contribution in [3.63, 3.8) is 0 Å². The number of thiazole rings is 1. The maximum Gasteiger partial charge on any atom is 0.262 e. The zero-order valence-corrected chi connectivity index (χ0v) is 13.8. The van der Waals surface area contributed by atoms with E-state index in [1.54, 1.807) is 22.2 Å². The van der Waals surface area contributed by atoms with Gasteiger partial charge in [0.15, 0.2) is 0 Å². The Morgan fingerprint density at radius 2 is 1.96 bits per heavy atom. The summed E-state index contributed by atoms with van der Waals surface area (Å²) in [5.74, 6) is 0. The van der Waals surface area contributed by atoms with E-state index >= 15 is 0 Å². The molecule has 114 valence electrons. The van der Waals surface area contributed by atoms with Gasteiger partial charge in [-0.25, -0.2) is 9.97 Å². The molecule has 0 N–H and O–H groups in total. The van der Waals surface area contributed by atoms with E-state index in [-0.39, 0.29) is 5.56 Å². The maximum absolute atomic E-state index is 12.4. The molecule has 0 aliphatic carbocycles. The van der Waals surface area contributed by atoms with Crippen molar-refractivity contribution in [3.8, 4) is 0 Å². The SMILES string of the molecule is O=c1c2ccsc2ncn1Cc1csc(Cc2ccccc2)n1. The van der Waals surface area contributed by atoms with E-state index in [2.05, 4.69) is 22.1 Å². The molecule has 0 aliphatic rings. The first-order valence-corrected chi connectivity index (χ1v) is 8.95. The fraction of sp³-hybridized carbons (Fsp3) is 0.118. The smallest absolute Gasteiger partial charge is 0.262 e. The lowest BCUT2D eigenvalue weighted by atomic mass is 10.2. The fourth-order valence-electron chi connectivity index (χ4n) is 2.45. The van der Waals surface area contributed by atoms with Gasteiger partial charge in [0.05, 0.1) is 29.0 Å². The summed E-state index contributed by atoms with van der Waals surface area (Å²) in [6.45, 7) is 0.461. The summed E-state index contributed by atoms with van der Waals surface area (Å²) < 4.78 is 1.62. The van der Waals surface area contributed by atoms with Gasteiger partial charge in [-0.1, -0.05) is 30.3 Å². The van der Waals surface area contributed by atoms with Crippen LogP contribution in [-0.4, -0.2) is 14.5 Å². The van der Waals surface area contributed by atoms with Crippen LogP contribution in [0.15, 0.2) is 58.3 Å². The molecule has 3 aromatic heterocycles. The third-order valence-corrected chi connectivity index (χ3v) is 5.30. The van der Waals surface area contributed by atoms with Crippen molar-refractivity contribution >= 4 is 32.9 Å². The van der Waals surface area contributed by atoms with Crippen LogP contribution in [0.2, 0.25) is 0 Å². The van der Waals surface area contributed by atoms with Crippen LogP contribution in [0.5, 0.6) is 0 Å². The Morgan fingerprint density at radius 3 is 2.83 bits per heavy atom. The van der Waals surface area contributed by atoms with Gasteiger partial charge in [0, 0.05) is 11.8 Å². The molecule has 0 amide bonds. The quantitative estimate of drug-likeness (QED) is 0.571. The minimum atomic E-state index is -0.00569. The second-order valence-electron chi connectivity index (χ2n) is 5.21. The van der Waals surface area contributed by atoms with Gasteiger partial charge in [-0.15, -0.1) is 22.7 Å². The molecule has 4 rings (SSSR count). The van der Waals surface area contributed by atoms with Crippen molar-refractivity contribution in [3.05, 3.63) is 80.1 Å². The lowest BCUT2D eigenvalue weighted by Gasteiger charge is -2.02. The fourth-order valence-corrected chi connectivity index (χ4v) is 4.00. The third kappa shape index (κ3) is 2.95. The molecule has 0 aliphatic heterocycles. The second kappa shape index (κ2) is 6.06. The van der Waals surface area contributed by atoms with Gasteiger partial charge in [0.1, 0.15) is 4.83 Å². The molecule has 3 heterocycles. The highest BCUT2D eigenvalue weighted by molar-refractivity contribution is 7.16. The van der Waals surface area contributed by atoms with Crippen LogP contribution in [0, 0.1) is 0 Å². The summed E-state index contributed by atoms with van der Waals surface area (Å²) in [6.07, 6.45) is 2.43. The van der Waals surface area contributed by atoms with Crippen molar-refractivity contribution in [1.29, 1.82) is 0 Å². The van der Waals surface area contributed by atoms with E-state index < -0.39 is 0 Å². The average molecular weight is 339 g/mol. The van der Waals surface area contributed by atoms with E-state index in [9.17, 15) is 4.79 Å². The van der Waals surface area contributed by atoms with Crippen LogP contribution in [0.3, 0.4) is 0 Å². The van der Waals surface area contributed by atoms with Crippen LogP contribution in [0.25, 0.3) is 10.2 Å². The minimum absolute atomic E-state index is 0.00569. The minimum Gasteiger partial charge on any atom is -0.293 e. The molecule has 0 bridgehead atoms. The van der Waals surface area contributed by atoms with Crippen molar-refractivity contribution < 1.29 is 0 Å². The summed E-state index contributed by atoms with van der Waals surface area (Å²) in [5.41, 5.74) is 2.14. The lowest BCUT2D eigenvalue weighted by molar-refractivity contribution is 0.732. The number of hydrogen-bond donors (Lipinski definition) is 0. The van der Waals surface area contributed by atoms with Gasteiger partial charge in [0.2, 0.25) is 0 Å². The van der Waals surface area contributed by atoms with Crippen LogP contribution in [0.1, 0.15) is 16.3 Å². The molecule has 0 radical (unpaired) electrons. The summed E-state index contributed by atoms with van der Waals surface area (Å²) in [4.78, 5) is 22.2. The van der Waals surface area contributed by atoms with Crippen molar-refractivity contribution in [1.82, 2.24) is 14.5 Å². The monoisotopic (exact) mass is 339 g/mol. The number of hydrogen-bond acceptors (Lipinski definition) is 5. The maximum atomic E-state index is 12.4. The molecule has 23 heavy (non-hydrogen) atoms. The Kier molecular flexibility index (Phi) is 3.77. The number of thiophene rings is 1. The Balaban J connectivity index is 1.57. The summed E-state index contributed by atoms with van der Waals surface area (Å²) in [6, 6.07) is 12.1. The topological polar surface area (TPSA) is 47.8 Å². The van der Waals surface area contributed by atoms with Gasteiger partial charge >= 0.3 is 0 Å². The molecular formula is C17H13N3OS2. The highest BCUT2D eigenvalue weighted by Gasteiger charge is 2.08. The van der Waals surface area contributed by atoms with Crippen LogP contribution < -0.4 is 5.56 Å². The molecule has 0 spiro atoms. The number of nitrogens with zero attached hydrogens (tertiary/aromatic N) is 3. The van der Waals surface area contributed by atoms with E-state index in [1.165, 1.54) is 16.9 Å². The van der Waals surface area contributed by atoms with Gasteiger partial charge in [-0.3, -0.25) is 9.36 Å². The van der Waals surface area contributed by atoms with Gasteiger partial charge in [-0.2, -0.15) is 0 Å². The van der Waals surface area contributed by atoms with E-state index in [0.29, 0.717) is 11.9 Å². The number of fused-ring (bicyclic) bond motifs is 1. The molecular weight excluding hydrogens is 326 g/mol. The zero-order valence-electron chi connectivity index (χ0n) is 12.2. The second-order valence-corrected chi connectivity index (χ2v) is 7.05. The molecule has 6 heteroatoms. The first-order valence-electron chi connectivity index (χ1n) is 7.19. The van der Waals surface area contributed by atoms with E-state index in [1.807, 2.05) is 35.0 Å². The lowest BCUT2D eigenvalue weighted by Crippen LogP contribution is -2.20. The molecule has 0 unspecified atom stereocenters. The molecule has 0 atom stereocenters. The number of aromatic nitrogens is 3. The van der Waals surface area contributed by atoms with Crippen LogP contribution >= 0.6 is 22.7 Å². The molecule has 0 fully saturated rings. The Labute approximate surface area is 140 Å². The van der Waals surface area contributed by atoms with Gasteiger partial charge in [-0.05, 0) is 17.0 Å². The summed E-state index contributed by atoms with van der Waals surface area (Å²) in [7, 11) is 0. The standard InChI is InChI=1S/C17H13N3OS2/c21-17-14-6-7-22-16(14)18-11-20(17)9-13-10-23-15(19-13)8-12-4-2-1-3-5-12/h1-7,10-11H,8-9H2. The molecule has 0 saturated carbocycles. The predicted molar refractivity (Wildman–Crippen MR) is 94.3 cm³/mol. The number of benzene rings is 1. The van der Waals surface area contributed by atoms with E-state index in [0.717, 1.165) is 22.0 Å². The highest BCUT2D eigenvalue weighted by Crippen LogP contribution is 2.16. The number of rotatable bonds is 4. The normalized spacial score (nSPS) is 11.1. The molecule has 0 saturated heterocycles. The zero-order chi connectivity index (χ0) is 15.6. The highest BCUT2D eigenvalue weighted by atomic mass is 32.1. The molecule has 4 nitrogen and oxygen atoms in total. The van der Waals surface area contributed by atoms with Gasteiger partial charge in [0.25, 0.3) is 5.56 Å². The summed E-state index contributed by atoms with van der Waals surface area (Å²) in [5, 5.41) is 5.65. The first-order chi connectivity index (χ1) is 11.3. The van der Waals surface area contributed by atoms with Crippen LogP contribution in [0.4, 0.5) is 0 Å². The van der Waals surface area contributed by atoms with Crippen molar-refractivity contribution in [2.24, 2.45) is 0 Å². The average Bonchev–Trinajstić information content (AvgIpc) is 3.21. The van der Waals surface area contributed by atoms with Crippen LogP contribution in [-0.2, 0) is 13.0 Å². The third-order valence-electron chi connectivity index (χ3n) is 3.58. The Morgan fingerprint density at radius 1 is 1.09 bits per heavy atom.